The predicted octanol–water partition coefficient (Wildman–Crippen LogP) is 2.06. The van der Waals surface area contributed by atoms with E-state index in [9.17, 15) is 14.7 Å². The number of nitrogens with zero attached hydrogens (tertiary/aromatic N) is 1. The molecule has 2 N–H and O–H groups in total. The van der Waals surface area contributed by atoms with Crippen LogP contribution in [0.25, 0.3) is 0 Å². The molecular weight excluding hydrogens is 304 g/mol. The minimum Gasteiger partial charge on any atom is -0.396 e. The van der Waals surface area contributed by atoms with Gasteiger partial charge in [-0.05, 0) is 36.8 Å². The van der Waals surface area contributed by atoms with Crippen molar-refractivity contribution in [3.8, 4) is 0 Å². The number of piperidine rings is 1. The Morgan fingerprint density at radius 3 is 2.42 bits per heavy atom. The van der Waals surface area contributed by atoms with Gasteiger partial charge >= 0.3 is 0 Å². The molecule has 0 spiro atoms. The van der Waals surface area contributed by atoms with E-state index in [1.807, 2.05) is 36.9 Å². The molecule has 2 atom stereocenters. The van der Waals surface area contributed by atoms with Gasteiger partial charge in [-0.25, -0.2) is 0 Å². The summed E-state index contributed by atoms with van der Waals surface area (Å²) in [6, 6.07) is 8.48. The van der Waals surface area contributed by atoms with Gasteiger partial charge in [0.15, 0.2) is 0 Å². The molecule has 2 amide bonds. The zero-order valence-corrected chi connectivity index (χ0v) is 14.6. The lowest BCUT2D eigenvalue weighted by Crippen LogP contribution is -2.53. The van der Waals surface area contributed by atoms with Crippen LogP contribution in [0, 0.1) is 11.8 Å². The first-order valence-corrected chi connectivity index (χ1v) is 8.82. The van der Waals surface area contributed by atoms with Crippen LogP contribution in [0.15, 0.2) is 30.3 Å². The summed E-state index contributed by atoms with van der Waals surface area (Å²) in [5.41, 5.74) is 0.567. The van der Waals surface area contributed by atoms with Gasteiger partial charge in [-0.15, -0.1) is 0 Å². The lowest BCUT2D eigenvalue weighted by atomic mass is 9.94. The van der Waals surface area contributed by atoms with Crippen molar-refractivity contribution in [1.82, 2.24) is 10.2 Å². The van der Waals surface area contributed by atoms with Crippen molar-refractivity contribution in [2.24, 2.45) is 11.8 Å². The Kier molecular flexibility index (Phi) is 6.79. The molecule has 5 nitrogen and oxygen atoms in total. The van der Waals surface area contributed by atoms with Crippen LogP contribution in [0.3, 0.4) is 0 Å². The number of rotatable bonds is 6. The van der Waals surface area contributed by atoms with E-state index in [0.29, 0.717) is 18.7 Å². The first-order valence-electron chi connectivity index (χ1n) is 8.82. The first kappa shape index (κ1) is 18.5. The highest BCUT2D eigenvalue weighted by Gasteiger charge is 2.32. The van der Waals surface area contributed by atoms with Gasteiger partial charge in [0, 0.05) is 25.3 Å². The lowest BCUT2D eigenvalue weighted by Gasteiger charge is -2.35. The number of nitrogens with one attached hydrogen (secondary N) is 1. The van der Waals surface area contributed by atoms with Gasteiger partial charge in [-0.1, -0.05) is 38.5 Å². The third-order valence-corrected chi connectivity index (χ3v) is 4.99. The molecule has 1 aromatic carbocycles. The fraction of sp³-hybridized carbons (Fsp3) is 0.579. The average molecular weight is 332 g/mol. The van der Waals surface area contributed by atoms with Gasteiger partial charge in [0.05, 0.1) is 0 Å². The molecule has 1 aliphatic heterocycles. The highest BCUT2D eigenvalue weighted by Crippen LogP contribution is 2.19. The molecule has 1 heterocycles. The van der Waals surface area contributed by atoms with E-state index < -0.39 is 6.04 Å². The van der Waals surface area contributed by atoms with Gasteiger partial charge in [-0.3, -0.25) is 9.59 Å². The molecular formula is C19H28N2O3. The summed E-state index contributed by atoms with van der Waals surface area (Å²) in [7, 11) is 0. The normalized spacial score (nSPS) is 18.0. The molecule has 2 rings (SSSR count). The molecule has 5 heteroatoms. The maximum absolute atomic E-state index is 12.9. The van der Waals surface area contributed by atoms with Gasteiger partial charge in [0.1, 0.15) is 6.04 Å². The molecule has 1 aromatic rings. The van der Waals surface area contributed by atoms with Crippen LogP contribution in [0.4, 0.5) is 0 Å². The summed E-state index contributed by atoms with van der Waals surface area (Å²) in [6.45, 7) is 5.50. The Labute approximate surface area is 144 Å². The second-order valence-corrected chi connectivity index (χ2v) is 6.65. The Morgan fingerprint density at radius 1 is 1.25 bits per heavy atom. The highest BCUT2D eigenvalue weighted by atomic mass is 16.3. The van der Waals surface area contributed by atoms with Crippen LogP contribution in [0.5, 0.6) is 0 Å². The molecule has 0 bridgehead atoms. The molecule has 2 unspecified atom stereocenters. The Hall–Kier alpha value is -1.88. The molecule has 1 saturated heterocycles. The largest absolute Gasteiger partial charge is 0.396 e. The molecule has 0 aliphatic carbocycles. The average Bonchev–Trinajstić information content (AvgIpc) is 2.65. The number of likely N-dealkylation sites (tertiary alicyclic amines) is 1. The summed E-state index contributed by atoms with van der Waals surface area (Å²) >= 11 is 0. The smallest absolute Gasteiger partial charge is 0.251 e. The van der Waals surface area contributed by atoms with Gasteiger partial charge < -0.3 is 15.3 Å². The number of carbonyl (C=O) groups excluding carboxylic acids is 2. The van der Waals surface area contributed by atoms with E-state index in [1.54, 1.807) is 12.1 Å². The van der Waals surface area contributed by atoms with Gasteiger partial charge in [0.25, 0.3) is 5.91 Å². The van der Waals surface area contributed by atoms with Crippen molar-refractivity contribution in [3.05, 3.63) is 35.9 Å². The maximum atomic E-state index is 12.9. The minimum atomic E-state index is -0.506. The third kappa shape index (κ3) is 4.57. The Morgan fingerprint density at radius 2 is 1.88 bits per heavy atom. The topological polar surface area (TPSA) is 69.6 Å². The fourth-order valence-electron chi connectivity index (χ4n) is 3.03. The van der Waals surface area contributed by atoms with Crippen molar-refractivity contribution in [1.29, 1.82) is 0 Å². The van der Waals surface area contributed by atoms with Crippen molar-refractivity contribution in [3.63, 3.8) is 0 Å². The van der Waals surface area contributed by atoms with Crippen LogP contribution < -0.4 is 5.32 Å². The monoisotopic (exact) mass is 332 g/mol. The van der Waals surface area contributed by atoms with Crippen LogP contribution in [0.2, 0.25) is 0 Å². The zero-order valence-electron chi connectivity index (χ0n) is 14.6. The molecule has 0 radical (unpaired) electrons. The SMILES string of the molecule is CCC(C)C(NC(=O)c1ccccc1)C(=O)N1CCC(CO)CC1. The number of aliphatic hydroxyl groups excluding tert-OH is 1. The molecule has 0 saturated carbocycles. The van der Waals surface area contributed by atoms with Crippen LogP contribution in [-0.2, 0) is 4.79 Å². The number of aliphatic hydroxyl groups is 1. The summed E-state index contributed by atoms with van der Waals surface area (Å²) in [6.07, 6.45) is 2.46. The summed E-state index contributed by atoms with van der Waals surface area (Å²) in [5, 5.41) is 12.2. The van der Waals surface area contributed by atoms with E-state index in [1.165, 1.54) is 0 Å². The number of carbonyl (C=O) groups is 2. The standard InChI is InChI=1S/C19H28N2O3/c1-3-14(2)17(20-18(23)16-7-5-4-6-8-16)19(24)21-11-9-15(13-22)10-12-21/h4-8,14-15,17,22H,3,9-13H2,1-2H3,(H,20,23). The second-order valence-electron chi connectivity index (χ2n) is 6.65. The first-order chi connectivity index (χ1) is 11.6. The van der Waals surface area contributed by atoms with Crippen molar-refractivity contribution < 1.29 is 14.7 Å². The summed E-state index contributed by atoms with van der Waals surface area (Å²) in [5.74, 6) is 0.139. The molecule has 0 aromatic heterocycles. The van der Waals surface area contributed by atoms with E-state index in [-0.39, 0.29) is 30.3 Å². The summed E-state index contributed by atoms with van der Waals surface area (Å²) in [4.78, 5) is 27.2. The van der Waals surface area contributed by atoms with E-state index in [4.69, 9.17) is 0 Å². The molecule has 24 heavy (non-hydrogen) atoms. The van der Waals surface area contributed by atoms with Gasteiger partial charge in [-0.2, -0.15) is 0 Å². The Balaban J connectivity index is 2.05. The second kappa shape index (κ2) is 8.83. The molecule has 1 aliphatic rings. The van der Waals surface area contributed by atoms with E-state index in [0.717, 1.165) is 19.3 Å². The Bertz CT molecular complexity index is 539. The highest BCUT2D eigenvalue weighted by molar-refractivity contribution is 5.97. The van der Waals surface area contributed by atoms with E-state index in [2.05, 4.69) is 5.32 Å². The zero-order chi connectivity index (χ0) is 17.5. The quantitative estimate of drug-likeness (QED) is 0.838. The lowest BCUT2D eigenvalue weighted by molar-refractivity contribution is -0.136. The molecule has 132 valence electrons. The number of hydrogen-bond acceptors (Lipinski definition) is 3. The van der Waals surface area contributed by atoms with Gasteiger partial charge in [0.2, 0.25) is 5.91 Å². The summed E-state index contributed by atoms with van der Waals surface area (Å²) < 4.78 is 0. The number of benzene rings is 1. The maximum Gasteiger partial charge on any atom is 0.251 e. The number of amides is 2. The minimum absolute atomic E-state index is 0.00924. The third-order valence-electron chi connectivity index (χ3n) is 4.99. The van der Waals surface area contributed by atoms with Crippen LogP contribution in [0.1, 0.15) is 43.5 Å². The van der Waals surface area contributed by atoms with Crippen molar-refractivity contribution in [2.75, 3.05) is 19.7 Å². The predicted molar refractivity (Wildman–Crippen MR) is 93.5 cm³/mol. The number of hydrogen-bond donors (Lipinski definition) is 2. The fourth-order valence-corrected chi connectivity index (χ4v) is 3.03. The van der Waals surface area contributed by atoms with Crippen molar-refractivity contribution in [2.45, 2.75) is 39.2 Å². The van der Waals surface area contributed by atoms with Crippen LogP contribution in [-0.4, -0.2) is 47.6 Å². The van der Waals surface area contributed by atoms with Crippen LogP contribution >= 0.6 is 0 Å². The van der Waals surface area contributed by atoms with E-state index >= 15 is 0 Å². The molecule has 1 fully saturated rings. The van der Waals surface area contributed by atoms with Crippen molar-refractivity contribution >= 4 is 11.8 Å².